The number of halogens is 1. The van der Waals surface area contributed by atoms with Gasteiger partial charge in [-0.3, -0.25) is 9.59 Å². The predicted molar refractivity (Wildman–Crippen MR) is 90.5 cm³/mol. The Morgan fingerprint density at radius 1 is 1.10 bits per heavy atom. The van der Waals surface area contributed by atoms with Crippen molar-refractivity contribution < 1.29 is 9.59 Å². The van der Waals surface area contributed by atoms with Gasteiger partial charge in [0.25, 0.3) is 0 Å². The lowest BCUT2D eigenvalue weighted by Gasteiger charge is -2.26. The first kappa shape index (κ1) is 16.4. The summed E-state index contributed by atoms with van der Waals surface area (Å²) < 4.78 is 0.974. The number of piperidine rings is 1. The molecule has 2 amide bonds. The van der Waals surface area contributed by atoms with Crippen LogP contribution in [0, 0.1) is 0 Å². The van der Waals surface area contributed by atoms with E-state index in [2.05, 4.69) is 21.2 Å². The number of carbonyl (C=O) groups excluding carboxylic acids is 2. The molecular formula is C15H19BrN2O2S. The summed E-state index contributed by atoms with van der Waals surface area (Å²) in [7, 11) is 0. The van der Waals surface area contributed by atoms with Gasteiger partial charge in [0.2, 0.25) is 11.8 Å². The molecule has 21 heavy (non-hydrogen) atoms. The zero-order chi connectivity index (χ0) is 15.1. The van der Waals surface area contributed by atoms with Crippen LogP contribution in [0.4, 0.5) is 5.69 Å². The summed E-state index contributed by atoms with van der Waals surface area (Å²) in [6.07, 6.45) is 3.41. The lowest BCUT2D eigenvalue weighted by Crippen LogP contribution is -2.37. The molecule has 1 saturated heterocycles. The van der Waals surface area contributed by atoms with E-state index >= 15 is 0 Å². The molecule has 1 fully saturated rings. The zero-order valence-corrected chi connectivity index (χ0v) is 14.2. The Kier molecular flexibility index (Phi) is 6.57. The molecule has 6 heteroatoms. The van der Waals surface area contributed by atoms with Gasteiger partial charge in [0.1, 0.15) is 0 Å². The van der Waals surface area contributed by atoms with Crippen molar-refractivity contribution in [3.8, 4) is 0 Å². The van der Waals surface area contributed by atoms with Gasteiger partial charge < -0.3 is 10.2 Å². The van der Waals surface area contributed by atoms with Gasteiger partial charge in [-0.25, -0.2) is 0 Å². The van der Waals surface area contributed by atoms with Crippen molar-refractivity contribution in [2.24, 2.45) is 0 Å². The molecule has 0 spiro atoms. The number of hydrogen-bond acceptors (Lipinski definition) is 3. The van der Waals surface area contributed by atoms with Gasteiger partial charge >= 0.3 is 0 Å². The summed E-state index contributed by atoms with van der Waals surface area (Å²) in [6, 6.07) is 7.43. The van der Waals surface area contributed by atoms with E-state index in [-0.39, 0.29) is 11.8 Å². The smallest absolute Gasteiger partial charge is 0.234 e. The molecule has 0 aliphatic carbocycles. The summed E-state index contributed by atoms with van der Waals surface area (Å²) in [5.74, 6) is 0.758. The minimum absolute atomic E-state index is 0.0752. The normalized spacial score (nSPS) is 14.8. The number of rotatable bonds is 5. The van der Waals surface area contributed by atoms with Crippen molar-refractivity contribution in [1.82, 2.24) is 4.90 Å². The molecule has 0 saturated carbocycles. The number of amides is 2. The molecule has 1 aromatic rings. The molecule has 0 atom stereocenters. The fourth-order valence-corrected chi connectivity index (χ4v) is 3.18. The predicted octanol–water partition coefficient (Wildman–Crippen LogP) is 3.13. The SMILES string of the molecule is O=C(CSCC(=O)N1CCCCC1)Nc1ccc(Br)cc1. The first-order valence-electron chi connectivity index (χ1n) is 7.06. The maximum absolute atomic E-state index is 11.9. The summed E-state index contributed by atoms with van der Waals surface area (Å²) in [5.41, 5.74) is 0.770. The third kappa shape index (κ3) is 5.71. The second-order valence-electron chi connectivity index (χ2n) is 4.99. The fourth-order valence-electron chi connectivity index (χ4n) is 2.20. The van der Waals surface area contributed by atoms with Gasteiger partial charge in [0, 0.05) is 23.2 Å². The Morgan fingerprint density at radius 3 is 2.43 bits per heavy atom. The second-order valence-corrected chi connectivity index (χ2v) is 6.89. The number of carbonyl (C=O) groups is 2. The molecule has 2 rings (SSSR count). The number of anilines is 1. The Balaban J connectivity index is 1.66. The Bertz CT molecular complexity index is 487. The quantitative estimate of drug-likeness (QED) is 0.865. The number of benzene rings is 1. The molecule has 1 aromatic carbocycles. The van der Waals surface area contributed by atoms with Crippen molar-refractivity contribution >= 4 is 45.2 Å². The van der Waals surface area contributed by atoms with Crippen LogP contribution >= 0.6 is 27.7 Å². The molecule has 0 unspecified atom stereocenters. The second kappa shape index (κ2) is 8.44. The average Bonchev–Trinajstić information content (AvgIpc) is 2.50. The van der Waals surface area contributed by atoms with Crippen molar-refractivity contribution in [1.29, 1.82) is 0 Å². The molecule has 4 nitrogen and oxygen atoms in total. The standard InChI is InChI=1S/C15H19BrN2O2S/c16-12-4-6-13(7-5-12)17-14(19)10-21-11-15(20)18-8-2-1-3-9-18/h4-7H,1-3,8-11H2,(H,17,19). The van der Waals surface area contributed by atoms with Crippen molar-refractivity contribution in [3.05, 3.63) is 28.7 Å². The van der Waals surface area contributed by atoms with Gasteiger partial charge in [0.05, 0.1) is 11.5 Å². The first-order chi connectivity index (χ1) is 10.1. The highest BCUT2D eigenvalue weighted by Crippen LogP contribution is 2.15. The van der Waals surface area contributed by atoms with Gasteiger partial charge in [-0.2, -0.15) is 0 Å². The van der Waals surface area contributed by atoms with Crippen LogP contribution in [0.5, 0.6) is 0 Å². The molecule has 0 radical (unpaired) electrons. The monoisotopic (exact) mass is 370 g/mol. The third-order valence-corrected chi connectivity index (χ3v) is 4.74. The van der Waals surface area contributed by atoms with Gasteiger partial charge in [-0.15, -0.1) is 11.8 Å². The van der Waals surface area contributed by atoms with Crippen molar-refractivity contribution in [2.75, 3.05) is 29.9 Å². The van der Waals surface area contributed by atoms with E-state index < -0.39 is 0 Å². The van der Waals surface area contributed by atoms with E-state index in [1.165, 1.54) is 18.2 Å². The van der Waals surface area contributed by atoms with Crippen LogP contribution in [-0.2, 0) is 9.59 Å². The minimum Gasteiger partial charge on any atom is -0.342 e. The Morgan fingerprint density at radius 2 is 1.76 bits per heavy atom. The van der Waals surface area contributed by atoms with Crippen LogP contribution in [0.2, 0.25) is 0 Å². The fraction of sp³-hybridized carbons (Fsp3) is 0.467. The van der Waals surface area contributed by atoms with E-state index in [0.29, 0.717) is 11.5 Å². The van der Waals surface area contributed by atoms with Crippen LogP contribution in [0.15, 0.2) is 28.7 Å². The van der Waals surface area contributed by atoms with Gasteiger partial charge in [-0.1, -0.05) is 15.9 Å². The summed E-state index contributed by atoms with van der Waals surface area (Å²) in [5, 5.41) is 2.82. The van der Waals surface area contributed by atoms with E-state index in [4.69, 9.17) is 0 Å². The van der Waals surface area contributed by atoms with Crippen LogP contribution in [0.25, 0.3) is 0 Å². The Hall–Kier alpha value is -1.01. The first-order valence-corrected chi connectivity index (χ1v) is 9.01. The molecule has 1 N–H and O–H groups in total. The molecule has 0 aromatic heterocycles. The number of nitrogens with zero attached hydrogens (tertiary/aromatic N) is 1. The number of likely N-dealkylation sites (tertiary alicyclic amines) is 1. The lowest BCUT2D eigenvalue weighted by molar-refractivity contribution is -0.129. The number of thioether (sulfide) groups is 1. The molecule has 1 aliphatic rings. The van der Waals surface area contributed by atoms with E-state index in [0.717, 1.165) is 36.1 Å². The minimum atomic E-state index is -0.0752. The van der Waals surface area contributed by atoms with E-state index in [9.17, 15) is 9.59 Å². The highest BCUT2D eigenvalue weighted by atomic mass is 79.9. The van der Waals surface area contributed by atoms with Crippen LogP contribution in [0.3, 0.4) is 0 Å². The van der Waals surface area contributed by atoms with Crippen molar-refractivity contribution in [2.45, 2.75) is 19.3 Å². The van der Waals surface area contributed by atoms with Crippen LogP contribution < -0.4 is 5.32 Å². The molecular weight excluding hydrogens is 352 g/mol. The molecule has 114 valence electrons. The van der Waals surface area contributed by atoms with E-state index in [1.807, 2.05) is 29.2 Å². The molecule has 0 bridgehead atoms. The maximum Gasteiger partial charge on any atom is 0.234 e. The average molecular weight is 371 g/mol. The Labute approximate surface area is 137 Å². The molecule has 1 heterocycles. The largest absolute Gasteiger partial charge is 0.342 e. The zero-order valence-electron chi connectivity index (χ0n) is 11.8. The van der Waals surface area contributed by atoms with Crippen molar-refractivity contribution in [3.63, 3.8) is 0 Å². The summed E-state index contributed by atoms with van der Waals surface area (Å²) in [4.78, 5) is 25.6. The molecule has 1 aliphatic heterocycles. The number of nitrogens with one attached hydrogen (secondary N) is 1. The van der Waals surface area contributed by atoms with E-state index in [1.54, 1.807) is 0 Å². The number of hydrogen-bond donors (Lipinski definition) is 1. The van der Waals surface area contributed by atoms with Crippen LogP contribution in [0.1, 0.15) is 19.3 Å². The summed E-state index contributed by atoms with van der Waals surface area (Å²) in [6.45, 7) is 1.73. The highest BCUT2D eigenvalue weighted by molar-refractivity contribution is 9.10. The highest BCUT2D eigenvalue weighted by Gasteiger charge is 2.16. The topological polar surface area (TPSA) is 49.4 Å². The maximum atomic E-state index is 11.9. The third-order valence-electron chi connectivity index (χ3n) is 3.30. The summed E-state index contributed by atoms with van der Waals surface area (Å²) >= 11 is 4.72. The lowest BCUT2D eigenvalue weighted by atomic mass is 10.1. The van der Waals surface area contributed by atoms with Gasteiger partial charge in [-0.05, 0) is 43.5 Å². The van der Waals surface area contributed by atoms with Gasteiger partial charge in [0.15, 0.2) is 0 Å². The van der Waals surface area contributed by atoms with Crippen LogP contribution in [-0.4, -0.2) is 41.3 Å².